The zero-order chi connectivity index (χ0) is 13.8. The van der Waals surface area contributed by atoms with Crippen LogP contribution in [0.4, 0.5) is 0 Å². The Kier molecular flexibility index (Phi) is 4.96. The molecule has 1 N–H and O–H groups in total. The van der Waals surface area contributed by atoms with E-state index in [-0.39, 0.29) is 0 Å². The van der Waals surface area contributed by atoms with Crippen molar-refractivity contribution >= 4 is 17.3 Å². The summed E-state index contributed by atoms with van der Waals surface area (Å²) in [6, 6.07) is 1.93. The third-order valence-electron chi connectivity index (χ3n) is 3.79. The van der Waals surface area contributed by atoms with E-state index in [2.05, 4.69) is 23.9 Å². The molecule has 0 radical (unpaired) electrons. The number of rotatable bonds is 5. The zero-order valence-electron chi connectivity index (χ0n) is 11.6. The van der Waals surface area contributed by atoms with Crippen molar-refractivity contribution < 1.29 is 9.90 Å². The van der Waals surface area contributed by atoms with Crippen LogP contribution in [0.3, 0.4) is 0 Å². The van der Waals surface area contributed by atoms with E-state index >= 15 is 0 Å². The molecule has 5 heteroatoms. The average Bonchev–Trinajstić information content (AvgIpc) is 2.80. The molecule has 4 nitrogen and oxygen atoms in total. The summed E-state index contributed by atoms with van der Waals surface area (Å²) in [4.78, 5) is 16.2. The van der Waals surface area contributed by atoms with Crippen molar-refractivity contribution in [3.05, 3.63) is 21.9 Å². The molecule has 0 aromatic carbocycles. The van der Waals surface area contributed by atoms with Crippen LogP contribution in [0.15, 0.2) is 11.4 Å². The van der Waals surface area contributed by atoms with Crippen LogP contribution in [-0.2, 0) is 6.54 Å². The lowest BCUT2D eigenvalue weighted by atomic mass is 9.96. The van der Waals surface area contributed by atoms with Crippen molar-refractivity contribution in [2.24, 2.45) is 5.92 Å². The molecule has 1 fully saturated rings. The van der Waals surface area contributed by atoms with Crippen LogP contribution in [0.1, 0.15) is 28.1 Å². The van der Waals surface area contributed by atoms with Crippen LogP contribution in [0.2, 0.25) is 0 Å². The highest BCUT2D eigenvalue weighted by Gasteiger charge is 2.19. The van der Waals surface area contributed by atoms with Gasteiger partial charge in [0.1, 0.15) is 4.88 Å². The first-order valence-electron chi connectivity index (χ1n) is 6.73. The molecule has 1 aromatic heterocycles. The summed E-state index contributed by atoms with van der Waals surface area (Å²) in [5.41, 5.74) is 0.938. The largest absolute Gasteiger partial charge is 0.477 e. The van der Waals surface area contributed by atoms with E-state index in [0.29, 0.717) is 4.88 Å². The first-order chi connectivity index (χ1) is 9.06. The summed E-state index contributed by atoms with van der Waals surface area (Å²) in [5.74, 6) is -0.0641. The Morgan fingerprint density at radius 1 is 1.53 bits per heavy atom. The van der Waals surface area contributed by atoms with Crippen molar-refractivity contribution in [3.8, 4) is 0 Å². The molecule has 1 aliphatic heterocycles. The number of nitrogens with zero attached hydrogens (tertiary/aromatic N) is 2. The molecule has 1 aromatic rings. The first-order valence-corrected chi connectivity index (χ1v) is 7.61. The molecular weight excluding hydrogens is 260 g/mol. The fraction of sp³-hybridized carbons (Fsp3) is 0.643. The molecule has 0 unspecified atom stereocenters. The molecule has 1 saturated heterocycles. The number of piperidine rings is 1. The van der Waals surface area contributed by atoms with Gasteiger partial charge in [0.2, 0.25) is 0 Å². The lowest BCUT2D eigenvalue weighted by molar-refractivity contribution is 0.0700. The van der Waals surface area contributed by atoms with Crippen molar-refractivity contribution in [3.63, 3.8) is 0 Å². The number of aromatic carboxylic acids is 1. The molecule has 1 aliphatic rings. The summed E-state index contributed by atoms with van der Waals surface area (Å²) in [6.45, 7) is 4.15. The molecule has 0 atom stereocenters. The third kappa shape index (κ3) is 4.03. The van der Waals surface area contributed by atoms with Gasteiger partial charge in [-0.1, -0.05) is 0 Å². The highest BCUT2D eigenvalue weighted by atomic mass is 32.1. The smallest absolute Gasteiger partial charge is 0.346 e. The van der Waals surface area contributed by atoms with Gasteiger partial charge < -0.3 is 14.9 Å². The molecule has 0 spiro atoms. The number of carboxylic acids is 1. The van der Waals surface area contributed by atoms with Gasteiger partial charge in [0.15, 0.2) is 0 Å². The Bertz CT molecular complexity index is 425. The Hall–Kier alpha value is -0.910. The Morgan fingerprint density at radius 2 is 2.21 bits per heavy atom. The molecule has 0 aliphatic carbocycles. The fourth-order valence-corrected chi connectivity index (χ4v) is 3.44. The Balaban J connectivity index is 1.85. The molecule has 106 valence electrons. The van der Waals surface area contributed by atoms with Gasteiger partial charge in [-0.25, -0.2) is 4.79 Å². The van der Waals surface area contributed by atoms with Gasteiger partial charge in [-0.2, -0.15) is 0 Å². The lowest BCUT2D eigenvalue weighted by Crippen LogP contribution is -2.35. The molecule has 19 heavy (non-hydrogen) atoms. The second-order valence-electron chi connectivity index (χ2n) is 5.52. The number of carboxylic acid groups (broad SMARTS) is 1. The summed E-state index contributed by atoms with van der Waals surface area (Å²) in [7, 11) is 4.26. The van der Waals surface area contributed by atoms with Crippen molar-refractivity contribution in [2.45, 2.75) is 19.4 Å². The maximum Gasteiger partial charge on any atom is 0.346 e. The standard InChI is InChI=1S/C14H22N2O2S/c1-15-6-3-11(4-7-15)9-16(2)10-12-5-8-19-13(12)14(17)18/h5,8,11H,3-4,6-7,9-10H2,1-2H3,(H,17,18). The van der Waals surface area contributed by atoms with Gasteiger partial charge >= 0.3 is 5.97 Å². The number of hydrogen-bond donors (Lipinski definition) is 1. The monoisotopic (exact) mass is 282 g/mol. The van der Waals surface area contributed by atoms with Crippen molar-refractivity contribution in [1.82, 2.24) is 9.80 Å². The van der Waals surface area contributed by atoms with E-state index in [4.69, 9.17) is 5.11 Å². The maximum atomic E-state index is 11.1. The van der Waals surface area contributed by atoms with Gasteiger partial charge in [-0.05, 0) is 63.0 Å². The summed E-state index contributed by atoms with van der Waals surface area (Å²) < 4.78 is 0. The molecular formula is C14H22N2O2S. The van der Waals surface area contributed by atoms with Gasteiger partial charge in [-0.15, -0.1) is 11.3 Å². The number of carbonyl (C=O) groups is 1. The topological polar surface area (TPSA) is 43.8 Å². The minimum atomic E-state index is -0.808. The summed E-state index contributed by atoms with van der Waals surface area (Å²) in [6.07, 6.45) is 2.49. The summed E-state index contributed by atoms with van der Waals surface area (Å²) >= 11 is 1.31. The van der Waals surface area contributed by atoms with Crippen LogP contribution < -0.4 is 0 Å². The second kappa shape index (κ2) is 6.50. The van der Waals surface area contributed by atoms with Gasteiger partial charge in [0.25, 0.3) is 0 Å². The minimum Gasteiger partial charge on any atom is -0.477 e. The van der Waals surface area contributed by atoms with Crippen LogP contribution >= 0.6 is 11.3 Å². The highest BCUT2D eigenvalue weighted by Crippen LogP contribution is 2.21. The Morgan fingerprint density at radius 3 is 2.84 bits per heavy atom. The van der Waals surface area contributed by atoms with Crippen molar-refractivity contribution in [2.75, 3.05) is 33.7 Å². The fourth-order valence-electron chi connectivity index (χ4n) is 2.69. The highest BCUT2D eigenvalue weighted by molar-refractivity contribution is 7.12. The number of hydrogen-bond acceptors (Lipinski definition) is 4. The third-order valence-corrected chi connectivity index (χ3v) is 4.73. The van der Waals surface area contributed by atoms with E-state index < -0.39 is 5.97 Å². The predicted octanol–water partition coefficient (Wildman–Crippen LogP) is 2.22. The van der Waals surface area contributed by atoms with Crippen molar-refractivity contribution in [1.29, 1.82) is 0 Å². The molecule has 0 amide bonds. The van der Waals surface area contributed by atoms with E-state index in [1.807, 2.05) is 11.4 Å². The van der Waals surface area contributed by atoms with E-state index in [9.17, 15) is 4.79 Å². The van der Waals surface area contributed by atoms with Gasteiger partial charge in [-0.3, -0.25) is 0 Å². The van der Waals surface area contributed by atoms with Crippen LogP contribution in [0, 0.1) is 5.92 Å². The molecule has 2 rings (SSSR count). The average molecular weight is 282 g/mol. The SMILES string of the molecule is CN1CCC(CN(C)Cc2ccsc2C(=O)O)CC1. The quantitative estimate of drug-likeness (QED) is 0.899. The molecule has 0 saturated carbocycles. The Labute approximate surface area is 118 Å². The predicted molar refractivity (Wildman–Crippen MR) is 77.8 cm³/mol. The van der Waals surface area contributed by atoms with Crippen LogP contribution in [-0.4, -0.2) is 54.6 Å². The van der Waals surface area contributed by atoms with Gasteiger partial charge in [0.05, 0.1) is 0 Å². The summed E-state index contributed by atoms with van der Waals surface area (Å²) in [5, 5.41) is 11.0. The van der Waals surface area contributed by atoms with Crippen LogP contribution in [0.25, 0.3) is 0 Å². The van der Waals surface area contributed by atoms with E-state index in [1.165, 1.54) is 37.3 Å². The second-order valence-corrected chi connectivity index (χ2v) is 6.44. The lowest BCUT2D eigenvalue weighted by Gasteiger charge is -2.31. The zero-order valence-corrected chi connectivity index (χ0v) is 12.4. The molecule has 2 heterocycles. The molecule has 0 bridgehead atoms. The normalized spacial score (nSPS) is 18.1. The number of thiophene rings is 1. The minimum absolute atomic E-state index is 0.482. The van der Waals surface area contributed by atoms with E-state index in [1.54, 1.807) is 0 Å². The van der Waals surface area contributed by atoms with Gasteiger partial charge in [0, 0.05) is 13.1 Å². The first kappa shape index (κ1) is 14.5. The van der Waals surface area contributed by atoms with Crippen LogP contribution in [0.5, 0.6) is 0 Å². The number of likely N-dealkylation sites (tertiary alicyclic amines) is 1. The van der Waals surface area contributed by atoms with E-state index in [0.717, 1.165) is 24.6 Å². The maximum absolute atomic E-state index is 11.1.